The number of rotatable bonds is 0. The van der Waals surface area contributed by atoms with E-state index in [2.05, 4.69) is 9.97 Å². The fourth-order valence-electron chi connectivity index (χ4n) is 3.41. The third-order valence-electron chi connectivity index (χ3n) is 4.41. The molecule has 18 heavy (non-hydrogen) atoms. The van der Waals surface area contributed by atoms with Gasteiger partial charge in [-0.2, -0.15) is 0 Å². The summed E-state index contributed by atoms with van der Waals surface area (Å²) in [7, 11) is 0. The van der Waals surface area contributed by atoms with Crippen LogP contribution in [-0.4, -0.2) is 15.8 Å². The summed E-state index contributed by atoms with van der Waals surface area (Å²) in [6.07, 6.45) is 3.35. The quantitative estimate of drug-likeness (QED) is 0.542. The van der Waals surface area contributed by atoms with Crippen molar-refractivity contribution in [3.63, 3.8) is 0 Å². The summed E-state index contributed by atoms with van der Waals surface area (Å²) < 4.78 is 0. The van der Waals surface area contributed by atoms with Crippen molar-refractivity contribution in [1.29, 1.82) is 0 Å². The van der Waals surface area contributed by atoms with Gasteiger partial charge in [0.15, 0.2) is 0 Å². The van der Waals surface area contributed by atoms with Crippen LogP contribution >= 0.6 is 23.2 Å². The summed E-state index contributed by atoms with van der Waals surface area (Å²) in [5.41, 5.74) is 2.01. The van der Waals surface area contributed by atoms with Crippen LogP contribution in [0.3, 0.4) is 0 Å². The lowest BCUT2D eigenvalue weighted by molar-refractivity contribution is -0.126. The van der Waals surface area contributed by atoms with Crippen molar-refractivity contribution in [2.24, 2.45) is 11.8 Å². The first kappa shape index (κ1) is 12.4. The highest BCUT2D eigenvalue weighted by Crippen LogP contribution is 2.47. The Bertz CT molecular complexity index is 518. The summed E-state index contributed by atoms with van der Waals surface area (Å²) in [5, 5.41) is 0.692. The van der Waals surface area contributed by atoms with Gasteiger partial charge in [0, 0.05) is 23.8 Å². The Hall–Kier alpha value is -0.670. The molecule has 3 atom stereocenters. The van der Waals surface area contributed by atoms with E-state index >= 15 is 0 Å². The van der Waals surface area contributed by atoms with Crippen LogP contribution in [0.2, 0.25) is 10.4 Å². The summed E-state index contributed by atoms with van der Waals surface area (Å²) >= 11 is 12.0. The summed E-state index contributed by atoms with van der Waals surface area (Å²) in [4.78, 5) is 20.2. The first-order valence-corrected chi connectivity index (χ1v) is 7.08. The molecule has 1 aromatic rings. The van der Waals surface area contributed by atoms with E-state index in [-0.39, 0.29) is 11.2 Å². The van der Waals surface area contributed by atoms with Gasteiger partial charge in [-0.15, -0.1) is 0 Å². The van der Waals surface area contributed by atoms with Crippen molar-refractivity contribution >= 4 is 29.0 Å². The molecule has 0 bridgehead atoms. The summed E-state index contributed by atoms with van der Waals surface area (Å²) in [6.45, 7) is 2.04. The van der Waals surface area contributed by atoms with E-state index in [9.17, 15) is 4.79 Å². The minimum atomic E-state index is 0.129. The van der Waals surface area contributed by atoms with Crippen molar-refractivity contribution in [3.8, 4) is 0 Å². The van der Waals surface area contributed by atoms with Crippen LogP contribution in [0.1, 0.15) is 43.4 Å². The number of ketones is 1. The van der Waals surface area contributed by atoms with E-state index in [1.165, 1.54) is 0 Å². The number of Topliss-reactive ketones (excluding diaryl/α,β-unsaturated/α-hetero) is 1. The minimum Gasteiger partial charge on any atom is -0.299 e. The molecule has 3 nitrogen and oxygen atoms in total. The number of carbonyl (C=O) groups excluding carboxylic acids is 1. The molecule has 1 heterocycles. The zero-order valence-electron chi connectivity index (χ0n) is 10.1. The van der Waals surface area contributed by atoms with Gasteiger partial charge < -0.3 is 0 Å². The Kier molecular flexibility index (Phi) is 3.07. The van der Waals surface area contributed by atoms with Gasteiger partial charge in [0.25, 0.3) is 0 Å². The largest absolute Gasteiger partial charge is 0.299 e. The van der Waals surface area contributed by atoms with Gasteiger partial charge in [-0.3, -0.25) is 4.79 Å². The number of halogens is 2. The highest BCUT2D eigenvalue weighted by molar-refractivity contribution is 6.32. The van der Waals surface area contributed by atoms with Crippen molar-refractivity contribution in [2.75, 3.05) is 0 Å². The molecule has 0 aromatic carbocycles. The lowest BCUT2D eigenvalue weighted by Crippen LogP contribution is -2.36. The number of hydrogen-bond donors (Lipinski definition) is 0. The molecule has 96 valence electrons. The molecule has 1 saturated carbocycles. The fourth-order valence-corrected chi connectivity index (χ4v) is 3.90. The molecule has 0 radical (unpaired) electrons. The average Bonchev–Trinajstić information content (AvgIpc) is 2.33. The van der Waals surface area contributed by atoms with Crippen molar-refractivity contribution in [3.05, 3.63) is 21.7 Å². The number of carbonyl (C=O) groups is 1. The Balaban J connectivity index is 2.05. The molecular formula is C13H14Cl2N2O. The molecule has 0 spiro atoms. The number of hydrogen-bond acceptors (Lipinski definition) is 3. The fraction of sp³-hybridized carbons (Fsp3) is 0.615. The molecule has 5 heteroatoms. The molecule has 0 saturated heterocycles. The second kappa shape index (κ2) is 4.46. The maximum absolute atomic E-state index is 11.8. The molecule has 2 aliphatic rings. The van der Waals surface area contributed by atoms with Crippen LogP contribution in [0.25, 0.3) is 0 Å². The number of nitrogens with zero attached hydrogens (tertiary/aromatic N) is 2. The van der Waals surface area contributed by atoms with Crippen LogP contribution in [0, 0.1) is 11.8 Å². The van der Waals surface area contributed by atoms with Gasteiger partial charge in [0.05, 0.1) is 5.69 Å². The van der Waals surface area contributed by atoms with Crippen LogP contribution < -0.4 is 0 Å². The van der Waals surface area contributed by atoms with E-state index in [1.54, 1.807) is 0 Å². The van der Waals surface area contributed by atoms with Gasteiger partial charge in [-0.1, -0.05) is 18.5 Å². The van der Waals surface area contributed by atoms with Crippen molar-refractivity contribution in [1.82, 2.24) is 9.97 Å². The molecular weight excluding hydrogens is 271 g/mol. The molecule has 3 rings (SSSR count). The van der Waals surface area contributed by atoms with Gasteiger partial charge in [-0.25, -0.2) is 9.97 Å². The summed E-state index contributed by atoms with van der Waals surface area (Å²) in [5.74, 6) is 1.22. The third kappa shape index (κ3) is 1.84. The topological polar surface area (TPSA) is 42.9 Å². The molecule has 0 amide bonds. The second-order valence-electron chi connectivity index (χ2n) is 5.25. The average molecular weight is 285 g/mol. The highest BCUT2D eigenvalue weighted by Gasteiger charge is 2.41. The van der Waals surface area contributed by atoms with Gasteiger partial charge >= 0.3 is 0 Å². The normalized spacial score (nSPS) is 30.8. The lowest BCUT2D eigenvalue weighted by atomic mass is 9.65. The van der Waals surface area contributed by atoms with Gasteiger partial charge in [0.1, 0.15) is 10.9 Å². The summed E-state index contributed by atoms with van der Waals surface area (Å²) in [6, 6.07) is 0. The molecule has 1 aromatic heterocycles. The predicted molar refractivity (Wildman–Crippen MR) is 70.0 cm³/mol. The van der Waals surface area contributed by atoms with E-state index in [4.69, 9.17) is 23.2 Å². The molecule has 0 aliphatic heterocycles. The Labute approximate surface area is 116 Å². The Morgan fingerprint density at radius 1 is 1.17 bits per heavy atom. The van der Waals surface area contributed by atoms with E-state index in [0.29, 0.717) is 29.2 Å². The maximum Gasteiger partial charge on any atom is 0.224 e. The van der Waals surface area contributed by atoms with E-state index in [1.807, 2.05) is 6.92 Å². The Morgan fingerprint density at radius 3 is 2.72 bits per heavy atom. The first-order valence-electron chi connectivity index (χ1n) is 6.32. The Morgan fingerprint density at radius 2 is 1.94 bits per heavy atom. The van der Waals surface area contributed by atoms with Gasteiger partial charge in [-0.05, 0) is 36.8 Å². The zero-order chi connectivity index (χ0) is 12.9. The molecule has 1 fully saturated rings. The smallest absolute Gasteiger partial charge is 0.224 e. The van der Waals surface area contributed by atoms with E-state index in [0.717, 1.165) is 30.5 Å². The van der Waals surface area contributed by atoms with Gasteiger partial charge in [0.2, 0.25) is 5.28 Å². The number of aromatic nitrogens is 2. The zero-order valence-corrected chi connectivity index (χ0v) is 11.6. The van der Waals surface area contributed by atoms with E-state index < -0.39 is 0 Å². The SMILES string of the molecule is CC1C(=O)CCC2c3nc(Cl)nc(Cl)c3CCC12. The monoisotopic (exact) mass is 284 g/mol. The van der Waals surface area contributed by atoms with Crippen molar-refractivity contribution < 1.29 is 4.79 Å². The highest BCUT2D eigenvalue weighted by atomic mass is 35.5. The predicted octanol–water partition coefficient (Wildman–Crippen LogP) is 3.43. The minimum absolute atomic E-state index is 0.129. The van der Waals surface area contributed by atoms with Crippen molar-refractivity contribution in [2.45, 2.75) is 38.5 Å². The standard InChI is InChI=1S/C13H14Cl2N2O/c1-6-7-2-3-9-11(8(7)4-5-10(6)18)16-13(15)17-12(9)14/h6-8H,2-5H2,1H3. The maximum atomic E-state index is 11.8. The first-order chi connectivity index (χ1) is 8.58. The van der Waals surface area contributed by atoms with Crippen LogP contribution in [0.4, 0.5) is 0 Å². The molecule has 0 N–H and O–H groups in total. The number of fused-ring (bicyclic) bond motifs is 3. The van der Waals surface area contributed by atoms with Crippen LogP contribution in [0.15, 0.2) is 0 Å². The second-order valence-corrected chi connectivity index (χ2v) is 5.95. The van der Waals surface area contributed by atoms with Crippen LogP contribution in [-0.2, 0) is 11.2 Å². The third-order valence-corrected chi connectivity index (χ3v) is 4.89. The molecule has 3 unspecified atom stereocenters. The lowest BCUT2D eigenvalue weighted by Gasteiger charge is -2.39. The van der Waals surface area contributed by atoms with Crippen LogP contribution in [0.5, 0.6) is 0 Å². The molecule has 2 aliphatic carbocycles.